The molecule has 1 aliphatic carbocycles. The van der Waals surface area contributed by atoms with Crippen molar-refractivity contribution in [3.63, 3.8) is 0 Å². The average Bonchev–Trinajstić information content (AvgIpc) is 2.55. The third-order valence-electron chi connectivity index (χ3n) is 3.91. The van der Waals surface area contributed by atoms with Crippen molar-refractivity contribution in [1.82, 2.24) is 0 Å². The number of sulfone groups is 1. The van der Waals surface area contributed by atoms with Crippen LogP contribution in [0.25, 0.3) is 5.53 Å². The van der Waals surface area contributed by atoms with Crippen LogP contribution in [0.2, 0.25) is 0 Å². The first-order chi connectivity index (χ1) is 11.6. The van der Waals surface area contributed by atoms with E-state index in [1.807, 2.05) is 0 Å². The van der Waals surface area contributed by atoms with Gasteiger partial charge in [-0.25, -0.2) is 8.42 Å². The molecule has 25 heavy (non-hydrogen) atoms. The van der Waals surface area contributed by atoms with Gasteiger partial charge >= 0.3 is 15.2 Å². The lowest BCUT2D eigenvalue weighted by Crippen LogP contribution is -2.32. The van der Waals surface area contributed by atoms with Gasteiger partial charge in [0, 0.05) is 5.92 Å². The Labute approximate surface area is 146 Å². The first-order valence-electron chi connectivity index (χ1n) is 7.66. The largest absolute Gasteiger partial charge is 0.452 e. The van der Waals surface area contributed by atoms with E-state index in [0.717, 1.165) is 49.8 Å². The predicted octanol–water partition coefficient (Wildman–Crippen LogP) is 1.58. The lowest BCUT2D eigenvalue weighted by atomic mass is 9.86. The summed E-state index contributed by atoms with van der Waals surface area (Å²) in [4.78, 5) is 14.9. The second kappa shape index (κ2) is 7.47. The van der Waals surface area contributed by atoms with Crippen LogP contribution in [0, 0.1) is 5.92 Å². The van der Waals surface area contributed by atoms with Crippen LogP contribution in [0.4, 0.5) is 0 Å². The van der Waals surface area contributed by atoms with Gasteiger partial charge in [0.1, 0.15) is 5.75 Å². The summed E-state index contributed by atoms with van der Waals surface area (Å²) in [6.45, 7) is 0. The quantitative estimate of drug-likeness (QED) is 0.248. The minimum Gasteiger partial charge on any atom is -0.383 e. The molecule has 0 saturated heterocycles. The molecule has 8 nitrogen and oxygen atoms in total. The van der Waals surface area contributed by atoms with Crippen LogP contribution < -0.4 is 4.18 Å². The van der Waals surface area contributed by atoms with Crippen molar-refractivity contribution in [2.24, 2.45) is 5.92 Å². The first-order valence-corrected chi connectivity index (χ1v) is 11.0. The molecule has 0 spiro atoms. The van der Waals surface area contributed by atoms with E-state index in [-0.39, 0.29) is 10.6 Å². The zero-order valence-corrected chi connectivity index (χ0v) is 15.2. The average molecular weight is 386 g/mol. The van der Waals surface area contributed by atoms with Crippen LogP contribution in [-0.2, 0) is 24.7 Å². The van der Waals surface area contributed by atoms with Gasteiger partial charge in [0.15, 0.2) is 0 Å². The van der Waals surface area contributed by atoms with E-state index >= 15 is 0 Å². The highest BCUT2D eigenvalue weighted by molar-refractivity contribution is 8.08. The summed E-state index contributed by atoms with van der Waals surface area (Å²) in [7, 11) is -8.06. The van der Waals surface area contributed by atoms with Gasteiger partial charge in [0.2, 0.25) is 0 Å². The Bertz CT molecular complexity index is 907. The van der Waals surface area contributed by atoms with E-state index in [0.29, 0.717) is 12.8 Å². The maximum absolute atomic E-state index is 12.6. The topological polar surface area (TPSA) is 131 Å². The van der Waals surface area contributed by atoms with Gasteiger partial charge in [0.25, 0.3) is 15.6 Å². The number of rotatable bonds is 5. The lowest BCUT2D eigenvalue weighted by Gasteiger charge is -2.18. The van der Waals surface area contributed by atoms with Crippen LogP contribution in [0.15, 0.2) is 29.2 Å². The fourth-order valence-corrected chi connectivity index (χ4v) is 4.45. The van der Waals surface area contributed by atoms with Crippen molar-refractivity contribution in [3.05, 3.63) is 29.8 Å². The number of hydrogen-bond acceptors (Lipinski definition) is 6. The van der Waals surface area contributed by atoms with Gasteiger partial charge in [-0.05, 0) is 37.1 Å². The number of carbonyl (C=O) groups excluding carboxylic acids is 1. The number of Topliss-reactive ketones (excluding diaryl/α,β-unsaturated/α-hetero) is 1. The van der Waals surface area contributed by atoms with Crippen molar-refractivity contribution in [3.8, 4) is 5.75 Å². The molecule has 0 radical (unpaired) electrons. The highest BCUT2D eigenvalue weighted by Crippen LogP contribution is 2.26. The van der Waals surface area contributed by atoms with E-state index < -0.39 is 36.7 Å². The fraction of sp³-hybridized carbons (Fsp3) is 0.467. The zero-order valence-electron chi connectivity index (χ0n) is 13.6. The number of hydrogen-bond donors (Lipinski definition) is 0. The van der Waals surface area contributed by atoms with Crippen LogP contribution in [-0.4, -0.2) is 38.7 Å². The minimum atomic E-state index is -4.31. The monoisotopic (exact) mass is 386 g/mol. The molecule has 0 unspecified atom stereocenters. The molecule has 0 heterocycles. The third-order valence-corrected chi connectivity index (χ3v) is 6.09. The summed E-state index contributed by atoms with van der Waals surface area (Å²) in [5.41, 5.74) is 9.12. The number of carbonyl (C=O) groups is 1. The summed E-state index contributed by atoms with van der Waals surface area (Å²) in [6, 6.07) is 4.48. The van der Waals surface area contributed by atoms with E-state index in [1.54, 1.807) is 0 Å². The van der Waals surface area contributed by atoms with E-state index in [2.05, 4.69) is 8.97 Å². The highest BCUT2D eigenvalue weighted by atomic mass is 32.2. The highest BCUT2D eigenvalue weighted by Gasteiger charge is 2.41. The Morgan fingerprint density at radius 2 is 1.64 bits per heavy atom. The smallest absolute Gasteiger partial charge is 0.383 e. The van der Waals surface area contributed by atoms with Crippen molar-refractivity contribution >= 4 is 30.8 Å². The van der Waals surface area contributed by atoms with Gasteiger partial charge < -0.3 is 9.71 Å². The Morgan fingerprint density at radius 3 is 2.12 bits per heavy atom. The maximum atomic E-state index is 12.6. The molecule has 1 aromatic carbocycles. The molecule has 0 aromatic heterocycles. The molecule has 2 rings (SSSR count). The van der Waals surface area contributed by atoms with E-state index in [9.17, 15) is 21.6 Å². The molecule has 0 aliphatic heterocycles. The molecule has 0 atom stereocenters. The van der Waals surface area contributed by atoms with Crippen molar-refractivity contribution in [2.75, 3.05) is 6.26 Å². The molecule has 136 valence electrons. The molecule has 1 aromatic rings. The van der Waals surface area contributed by atoms with Crippen LogP contribution in [0.1, 0.15) is 32.1 Å². The van der Waals surface area contributed by atoms with Gasteiger partial charge in [-0.3, -0.25) is 4.79 Å². The molecular weight excluding hydrogens is 368 g/mol. The first kappa shape index (κ1) is 19.3. The van der Waals surface area contributed by atoms with Crippen molar-refractivity contribution in [2.45, 2.75) is 37.0 Å². The predicted molar refractivity (Wildman–Crippen MR) is 89.3 cm³/mol. The fourth-order valence-electron chi connectivity index (χ4n) is 2.74. The SMILES string of the molecule is CS(=O)(=O)Oc1ccc(S(=O)(=O)C(=[N+]=[N-])C(=O)C2CCCCC2)cc1. The van der Waals surface area contributed by atoms with Gasteiger partial charge in [-0.15, -0.1) is 4.79 Å². The normalized spacial score (nSPS) is 16.0. The van der Waals surface area contributed by atoms with Crippen LogP contribution >= 0.6 is 0 Å². The van der Waals surface area contributed by atoms with E-state index in [4.69, 9.17) is 5.53 Å². The molecule has 1 saturated carbocycles. The Morgan fingerprint density at radius 1 is 1.08 bits per heavy atom. The zero-order chi connectivity index (χ0) is 18.7. The molecule has 1 fully saturated rings. The Hall–Kier alpha value is -2.03. The van der Waals surface area contributed by atoms with Crippen molar-refractivity contribution < 1.29 is 30.6 Å². The summed E-state index contributed by atoms with van der Waals surface area (Å²) in [6.07, 6.45) is 4.63. The standard InChI is InChI=1S/C15H18N2O6S2/c1-24(19,20)23-12-7-9-13(10-8-12)25(21,22)15(17-16)14(18)11-5-3-2-4-6-11/h7-11H,2-6H2,1H3. The Kier molecular flexibility index (Phi) is 5.76. The maximum Gasteiger partial charge on any atom is 0.452 e. The molecular formula is C15H18N2O6S2. The summed E-state index contributed by atoms with van der Waals surface area (Å²) < 4.78 is 51.9. The lowest BCUT2D eigenvalue weighted by molar-refractivity contribution is -0.120. The second-order valence-corrected chi connectivity index (χ2v) is 9.31. The van der Waals surface area contributed by atoms with Crippen molar-refractivity contribution in [1.29, 1.82) is 0 Å². The third kappa shape index (κ3) is 4.75. The van der Waals surface area contributed by atoms with Gasteiger partial charge in [-0.1, -0.05) is 19.3 Å². The van der Waals surface area contributed by atoms with Crippen LogP contribution in [0.5, 0.6) is 5.75 Å². The molecule has 1 aliphatic rings. The molecule has 0 N–H and O–H groups in total. The number of ketones is 1. The molecule has 10 heteroatoms. The summed E-state index contributed by atoms with van der Waals surface area (Å²) in [5.74, 6) is -1.23. The summed E-state index contributed by atoms with van der Waals surface area (Å²) in [5, 5.41) is -0.892. The molecule has 0 bridgehead atoms. The number of benzene rings is 1. The summed E-state index contributed by atoms with van der Waals surface area (Å²) >= 11 is 0. The van der Waals surface area contributed by atoms with Gasteiger partial charge in [-0.2, -0.15) is 8.42 Å². The second-order valence-electron chi connectivity index (χ2n) is 5.87. The molecule has 0 amide bonds. The van der Waals surface area contributed by atoms with E-state index in [1.165, 1.54) is 0 Å². The van der Waals surface area contributed by atoms with Crippen LogP contribution in [0.3, 0.4) is 0 Å². The van der Waals surface area contributed by atoms with Gasteiger partial charge in [0.05, 0.1) is 11.2 Å². The Balaban J connectivity index is 2.29. The minimum absolute atomic E-state index is 0.0671. The number of nitrogens with zero attached hydrogens (tertiary/aromatic N) is 2.